The number of nitrogens with one attached hydrogen (secondary N) is 1. The number of hydrogen-bond acceptors (Lipinski definition) is 4. The number of amides is 1. The highest BCUT2D eigenvalue weighted by Gasteiger charge is 2.35. The molecule has 3 rings (SSSR count). The summed E-state index contributed by atoms with van der Waals surface area (Å²) in [6.45, 7) is 1.78. The lowest BCUT2D eigenvalue weighted by Crippen LogP contribution is -2.46. The van der Waals surface area contributed by atoms with Gasteiger partial charge in [-0.1, -0.05) is 6.42 Å². The normalized spacial score (nSPS) is 22.5. The summed E-state index contributed by atoms with van der Waals surface area (Å²) in [7, 11) is 0. The predicted octanol–water partition coefficient (Wildman–Crippen LogP) is 1.53. The Morgan fingerprint density at radius 1 is 1.40 bits per heavy atom. The third-order valence-corrected chi connectivity index (χ3v) is 4.11. The van der Waals surface area contributed by atoms with Gasteiger partial charge in [-0.2, -0.15) is 0 Å². The molecule has 2 fully saturated rings. The van der Waals surface area contributed by atoms with Gasteiger partial charge >= 0.3 is 0 Å². The van der Waals surface area contributed by atoms with Gasteiger partial charge < -0.3 is 15.3 Å². The molecule has 108 valence electrons. The summed E-state index contributed by atoms with van der Waals surface area (Å²) in [4.78, 5) is 18.4. The van der Waals surface area contributed by atoms with Crippen molar-refractivity contribution < 1.29 is 9.90 Å². The van der Waals surface area contributed by atoms with Crippen LogP contribution >= 0.6 is 0 Å². The van der Waals surface area contributed by atoms with Crippen LogP contribution < -0.4 is 5.32 Å². The zero-order valence-electron chi connectivity index (χ0n) is 11.6. The highest BCUT2D eigenvalue weighted by atomic mass is 16.3. The molecule has 1 atom stereocenters. The van der Waals surface area contributed by atoms with Crippen LogP contribution in [-0.4, -0.2) is 46.1 Å². The van der Waals surface area contributed by atoms with Gasteiger partial charge in [0.1, 0.15) is 5.75 Å². The van der Waals surface area contributed by atoms with Crippen molar-refractivity contribution in [3.8, 4) is 5.75 Å². The third-order valence-electron chi connectivity index (χ3n) is 4.11. The van der Waals surface area contributed by atoms with E-state index in [0.29, 0.717) is 17.6 Å². The van der Waals surface area contributed by atoms with Crippen LogP contribution in [0.25, 0.3) is 0 Å². The fourth-order valence-corrected chi connectivity index (χ4v) is 2.82. The smallest absolute Gasteiger partial charge is 0.258 e. The Labute approximate surface area is 119 Å². The van der Waals surface area contributed by atoms with Crippen molar-refractivity contribution in [2.45, 2.75) is 44.2 Å². The standard InChI is InChI=1S/C15H21N3O2/c19-14-9-16-8-6-13(14)15(20)18(12-4-5-12)10-11-3-1-2-7-17-11/h6,8-9,11-12,17,19H,1-5,7,10H2. The SMILES string of the molecule is O=C(c1ccncc1O)N(CC1CCCCN1)C1CC1. The van der Waals surface area contributed by atoms with E-state index in [1.165, 1.54) is 19.0 Å². The molecule has 1 aliphatic heterocycles. The molecule has 5 nitrogen and oxygen atoms in total. The van der Waals surface area contributed by atoms with E-state index < -0.39 is 0 Å². The van der Waals surface area contributed by atoms with E-state index >= 15 is 0 Å². The van der Waals surface area contributed by atoms with Crippen molar-refractivity contribution in [1.82, 2.24) is 15.2 Å². The highest BCUT2D eigenvalue weighted by molar-refractivity contribution is 5.97. The van der Waals surface area contributed by atoms with Crippen molar-refractivity contribution in [2.75, 3.05) is 13.1 Å². The first-order chi connectivity index (χ1) is 9.75. The lowest BCUT2D eigenvalue weighted by molar-refractivity contribution is 0.0714. The number of aromatic hydroxyl groups is 1. The Morgan fingerprint density at radius 3 is 2.90 bits per heavy atom. The molecule has 1 amide bonds. The monoisotopic (exact) mass is 275 g/mol. The van der Waals surface area contributed by atoms with E-state index in [1.807, 2.05) is 4.90 Å². The number of hydrogen-bond donors (Lipinski definition) is 2. The maximum atomic E-state index is 12.6. The summed E-state index contributed by atoms with van der Waals surface area (Å²) in [6.07, 6.45) is 8.60. The van der Waals surface area contributed by atoms with E-state index in [4.69, 9.17) is 0 Å². The quantitative estimate of drug-likeness (QED) is 0.874. The van der Waals surface area contributed by atoms with Gasteiger partial charge in [-0.15, -0.1) is 0 Å². The number of carbonyl (C=O) groups is 1. The van der Waals surface area contributed by atoms with Crippen LogP contribution in [0.15, 0.2) is 18.5 Å². The molecule has 1 unspecified atom stereocenters. The maximum Gasteiger partial charge on any atom is 0.258 e. The van der Waals surface area contributed by atoms with Crippen molar-refractivity contribution in [3.63, 3.8) is 0 Å². The van der Waals surface area contributed by atoms with Crippen LogP contribution in [0.1, 0.15) is 42.5 Å². The molecule has 2 aliphatic rings. The largest absolute Gasteiger partial charge is 0.505 e. The summed E-state index contributed by atoms with van der Waals surface area (Å²) < 4.78 is 0. The van der Waals surface area contributed by atoms with Crippen LogP contribution in [0.2, 0.25) is 0 Å². The van der Waals surface area contributed by atoms with E-state index in [0.717, 1.165) is 32.4 Å². The Kier molecular flexibility index (Phi) is 3.87. The fraction of sp³-hybridized carbons (Fsp3) is 0.600. The second kappa shape index (κ2) is 5.79. The summed E-state index contributed by atoms with van der Waals surface area (Å²) in [5.41, 5.74) is 0.364. The highest BCUT2D eigenvalue weighted by Crippen LogP contribution is 2.30. The number of rotatable bonds is 4. The van der Waals surface area contributed by atoms with Crippen LogP contribution in [0.4, 0.5) is 0 Å². The minimum atomic E-state index is -0.0697. The molecule has 0 aromatic carbocycles. The van der Waals surface area contributed by atoms with Crippen LogP contribution in [0, 0.1) is 0 Å². The van der Waals surface area contributed by atoms with Crippen molar-refractivity contribution in [2.24, 2.45) is 0 Å². The zero-order chi connectivity index (χ0) is 13.9. The Hall–Kier alpha value is -1.62. The molecule has 1 aromatic rings. The molecule has 2 N–H and O–H groups in total. The molecule has 20 heavy (non-hydrogen) atoms. The third kappa shape index (κ3) is 2.93. The minimum Gasteiger partial charge on any atom is -0.505 e. The van der Waals surface area contributed by atoms with E-state index in [2.05, 4.69) is 10.3 Å². The molecule has 1 aromatic heterocycles. The van der Waals surface area contributed by atoms with Gasteiger partial charge in [-0.05, 0) is 38.3 Å². The van der Waals surface area contributed by atoms with Gasteiger partial charge in [0.05, 0.1) is 11.8 Å². The van der Waals surface area contributed by atoms with Crippen molar-refractivity contribution in [1.29, 1.82) is 0 Å². The Balaban J connectivity index is 1.73. The van der Waals surface area contributed by atoms with Gasteiger partial charge in [0, 0.05) is 24.8 Å². The predicted molar refractivity (Wildman–Crippen MR) is 75.6 cm³/mol. The summed E-state index contributed by atoms with van der Waals surface area (Å²) in [6, 6.07) is 2.33. The first kappa shape index (κ1) is 13.4. The summed E-state index contributed by atoms with van der Waals surface area (Å²) in [5, 5.41) is 13.3. The average molecular weight is 275 g/mol. The van der Waals surface area contributed by atoms with Crippen LogP contribution in [-0.2, 0) is 0 Å². The zero-order valence-corrected chi connectivity index (χ0v) is 11.6. The first-order valence-electron chi connectivity index (χ1n) is 7.43. The second-order valence-electron chi connectivity index (χ2n) is 5.73. The fourth-order valence-electron chi connectivity index (χ4n) is 2.82. The number of pyridine rings is 1. The summed E-state index contributed by atoms with van der Waals surface area (Å²) in [5.74, 6) is -0.0977. The van der Waals surface area contributed by atoms with Gasteiger partial charge in [0.2, 0.25) is 0 Å². The molecule has 2 heterocycles. The van der Waals surface area contributed by atoms with Crippen LogP contribution in [0.5, 0.6) is 5.75 Å². The van der Waals surface area contributed by atoms with Crippen LogP contribution in [0.3, 0.4) is 0 Å². The molecular weight excluding hydrogens is 254 g/mol. The number of piperidine rings is 1. The van der Waals surface area contributed by atoms with Gasteiger partial charge in [0.25, 0.3) is 5.91 Å². The second-order valence-corrected chi connectivity index (χ2v) is 5.73. The van der Waals surface area contributed by atoms with E-state index in [9.17, 15) is 9.90 Å². The average Bonchev–Trinajstić information content (AvgIpc) is 3.30. The molecule has 0 spiro atoms. The first-order valence-corrected chi connectivity index (χ1v) is 7.43. The summed E-state index contributed by atoms with van der Waals surface area (Å²) >= 11 is 0. The number of nitrogens with zero attached hydrogens (tertiary/aromatic N) is 2. The molecular formula is C15H21N3O2. The van der Waals surface area contributed by atoms with E-state index in [-0.39, 0.29) is 11.7 Å². The van der Waals surface area contributed by atoms with Gasteiger partial charge in [0.15, 0.2) is 0 Å². The van der Waals surface area contributed by atoms with Crippen molar-refractivity contribution in [3.05, 3.63) is 24.0 Å². The van der Waals surface area contributed by atoms with Gasteiger partial charge in [-0.3, -0.25) is 9.78 Å². The molecule has 0 radical (unpaired) electrons. The van der Waals surface area contributed by atoms with E-state index in [1.54, 1.807) is 12.3 Å². The lowest BCUT2D eigenvalue weighted by Gasteiger charge is -2.31. The van der Waals surface area contributed by atoms with Gasteiger partial charge in [-0.25, -0.2) is 0 Å². The topological polar surface area (TPSA) is 65.5 Å². The molecule has 1 saturated carbocycles. The van der Waals surface area contributed by atoms with Crippen molar-refractivity contribution >= 4 is 5.91 Å². The minimum absolute atomic E-state index is 0.0280. The Morgan fingerprint density at radius 2 is 2.25 bits per heavy atom. The Bertz CT molecular complexity index is 482. The molecule has 5 heteroatoms. The maximum absolute atomic E-state index is 12.6. The molecule has 1 aliphatic carbocycles. The lowest BCUT2D eigenvalue weighted by atomic mass is 10.0. The number of carbonyl (C=O) groups excluding carboxylic acids is 1. The number of aromatic nitrogens is 1. The molecule has 0 bridgehead atoms. The molecule has 1 saturated heterocycles.